The summed E-state index contributed by atoms with van der Waals surface area (Å²) < 4.78 is 0. The van der Waals surface area contributed by atoms with Gasteiger partial charge in [0.15, 0.2) is 5.65 Å². The van der Waals surface area contributed by atoms with Gasteiger partial charge in [-0.1, -0.05) is 32.6 Å². The summed E-state index contributed by atoms with van der Waals surface area (Å²) in [7, 11) is 0. The van der Waals surface area contributed by atoms with Gasteiger partial charge in [-0.05, 0) is 50.5 Å². The summed E-state index contributed by atoms with van der Waals surface area (Å²) in [6, 6.07) is 8.20. The Balaban J connectivity index is 1.63. The quantitative estimate of drug-likeness (QED) is 0.628. The molecular weight excluding hydrogens is 272 g/mol. The number of rotatable bonds is 9. The lowest BCUT2D eigenvalue weighted by Gasteiger charge is -2.07. The van der Waals surface area contributed by atoms with E-state index in [2.05, 4.69) is 22.1 Å². The number of unbranched alkanes of at least 4 members (excludes halogenated alkanes) is 4. The van der Waals surface area contributed by atoms with E-state index in [1.54, 1.807) is 13.1 Å². The number of ketones is 1. The zero-order valence-electron chi connectivity index (χ0n) is 13.7. The normalized spacial score (nSPS) is 12.5. The fourth-order valence-corrected chi connectivity index (χ4v) is 2.62. The van der Waals surface area contributed by atoms with Crippen molar-refractivity contribution in [3.63, 3.8) is 0 Å². The molecule has 0 aliphatic rings. The second kappa shape index (κ2) is 8.62. The van der Waals surface area contributed by atoms with E-state index < -0.39 is 0 Å². The third kappa shape index (κ3) is 5.21. The number of carbonyl (C=O) groups excluding carboxylic acids is 1. The Labute approximate surface area is 133 Å². The lowest BCUT2D eigenvalue weighted by atomic mass is 9.99. The average Bonchev–Trinajstić information content (AvgIpc) is 2.53. The molecule has 0 spiro atoms. The van der Waals surface area contributed by atoms with Crippen molar-refractivity contribution in [2.24, 2.45) is 5.92 Å². The van der Waals surface area contributed by atoms with Crippen molar-refractivity contribution in [1.82, 2.24) is 9.97 Å². The fourth-order valence-electron chi connectivity index (χ4n) is 2.62. The van der Waals surface area contributed by atoms with Crippen LogP contribution in [-0.2, 0) is 11.2 Å². The van der Waals surface area contributed by atoms with Crippen molar-refractivity contribution in [1.29, 1.82) is 0 Å². The molecule has 2 rings (SSSR count). The minimum absolute atomic E-state index is 0.231. The van der Waals surface area contributed by atoms with Crippen LogP contribution in [0.2, 0.25) is 0 Å². The van der Waals surface area contributed by atoms with Gasteiger partial charge in [0.05, 0.1) is 0 Å². The molecule has 2 heterocycles. The van der Waals surface area contributed by atoms with Gasteiger partial charge in [0.1, 0.15) is 5.78 Å². The van der Waals surface area contributed by atoms with Crippen LogP contribution in [0.15, 0.2) is 30.5 Å². The predicted octanol–water partition coefficient (Wildman–Crippen LogP) is 4.74. The third-order valence-electron chi connectivity index (χ3n) is 4.29. The monoisotopic (exact) mass is 298 g/mol. The Morgan fingerprint density at radius 3 is 2.68 bits per heavy atom. The van der Waals surface area contributed by atoms with E-state index in [9.17, 15) is 4.79 Å². The summed E-state index contributed by atoms with van der Waals surface area (Å²) in [5.74, 6) is 0.547. The molecule has 3 heteroatoms. The Morgan fingerprint density at radius 2 is 1.86 bits per heavy atom. The molecule has 22 heavy (non-hydrogen) atoms. The number of hydrogen-bond acceptors (Lipinski definition) is 3. The van der Waals surface area contributed by atoms with Crippen LogP contribution in [0, 0.1) is 5.92 Å². The molecule has 2 aromatic rings. The van der Waals surface area contributed by atoms with Gasteiger partial charge in [0.2, 0.25) is 0 Å². The second-order valence-electron chi connectivity index (χ2n) is 6.17. The highest BCUT2D eigenvalue weighted by atomic mass is 16.1. The Hall–Kier alpha value is -1.77. The molecular formula is C19H26N2O. The molecule has 0 unspecified atom stereocenters. The zero-order valence-corrected chi connectivity index (χ0v) is 13.7. The maximum absolute atomic E-state index is 11.1. The van der Waals surface area contributed by atoms with E-state index in [0.29, 0.717) is 5.78 Å². The highest BCUT2D eigenvalue weighted by Gasteiger charge is 2.06. The van der Waals surface area contributed by atoms with Gasteiger partial charge < -0.3 is 0 Å². The fraction of sp³-hybridized carbons (Fsp3) is 0.526. The van der Waals surface area contributed by atoms with Crippen LogP contribution < -0.4 is 0 Å². The Kier molecular flexibility index (Phi) is 6.50. The molecule has 2 aromatic heterocycles. The van der Waals surface area contributed by atoms with Gasteiger partial charge in [-0.2, -0.15) is 0 Å². The molecule has 0 aliphatic heterocycles. The molecule has 118 valence electrons. The summed E-state index contributed by atoms with van der Waals surface area (Å²) in [4.78, 5) is 20.1. The van der Waals surface area contributed by atoms with E-state index in [4.69, 9.17) is 0 Å². The molecule has 0 amide bonds. The molecule has 0 aromatic carbocycles. The lowest BCUT2D eigenvalue weighted by molar-refractivity contribution is -0.120. The smallest absolute Gasteiger partial charge is 0.159 e. The number of pyridine rings is 2. The van der Waals surface area contributed by atoms with Crippen LogP contribution in [0.3, 0.4) is 0 Å². The van der Waals surface area contributed by atoms with E-state index in [-0.39, 0.29) is 5.92 Å². The molecule has 0 fully saturated rings. The Bertz CT molecular complexity index is 609. The topological polar surface area (TPSA) is 42.9 Å². The summed E-state index contributed by atoms with van der Waals surface area (Å²) >= 11 is 0. The number of Topliss-reactive ketones (excluding diaryl/α,β-unsaturated/α-hetero) is 1. The summed E-state index contributed by atoms with van der Waals surface area (Å²) in [6.45, 7) is 3.72. The predicted molar refractivity (Wildman–Crippen MR) is 90.8 cm³/mol. The first-order chi connectivity index (χ1) is 10.7. The van der Waals surface area contributed by atoms with Gasteiger partial charge >= 0.3 is 0 Å². The van der Waals surface area contributed by atoms with Gasteiger partial charge in [-0.3, -0.25) is 4.79 Å². The highest BCUT2D eigenvalue weighted by Crippen LogP contribution is 2.14. The highest BCUT2D eigenvalue weighted by molar-refractivity contribution is 5.77. The lowest BCUT2D eigenvalue weighted by Crippen LogP contribution is -2.05. The number of aromatic nitrogens is 2. The third-order valence-corrected chi connectivity index (χ3v) is 4.29. The SMILES string of the molecule is CC(=O)[C@@H](C)CCCCCCCc1ccc2cccnc2n1. The number of fused-ring (bicyclic) bond motifs is 1. The maximum Gasteiger partial charge on any atom is 0.159 e. The van der Waals surface area contributed by atoms with Gasteiger partial charge in [0, 0.05) is 23.2 Å². The average molecular weight is 298 g/mol. The molecule has 3 nitrogen and oxygen atoms in total. The molecule has 0 saturated carbocycles. The summed E-state index contributed by atoms with van der Waals surface area (Å²) in [6.07, 6.45) is 9.90. The summed E-state index contributed by atoms with van der Waals surface area (Å²) in [5, 5.41) is 1.10. The molecule has 0 N–H and O–H groups in total. The van der Waals surface area contributed by atoms with Gasteiger partial charge in [-0.15, -0.1) is 0 Å². The maximum atomic E-state index is 11.1. The van der Waals surface area contributed by atoms with Crippen LogP contribution in [0.5, 0.6) is 0 Å². The zero-order chi connectivity index (χ0) is 15.8. The van der Waals surface area contributed by atoms with Crippen molar-refractivity contribution >= 4 is 16.8 Å². The minimum atomic E-state index is 0.231. The van der Waals surface area contributed by atoms with E-state index in [0.717, 1.165) is 29.6 Å². The first-order valence-corrected chi connectivity index (χ1v) is 8.38. The van der Waals surface area contributed by atoms with E-state index in [1.807, 2.05) is 19.1 Å². The number of nitrogens with zero attached hydrogens (tertiary/aromatic N) is 2. The molecule has 0 bridgehead atoms. The van der Waals surface area contributed by atoms with Crippen LogP contribution >= 0.6 is 0 Å². The molecule has 0 saturated heterocycles. The minimum Gasteiger partial charge on any atom is -0.300 e. The van der Waals surface area contributed by atoms with Gasteiger partial charge in [0.25, 0.3) is 0 Å². The van der Waals surface area contributed by atoms with Crippen molar-refractivity contribution in [2.75, 3.05) is 0 Å². The Morgan fingerprint density at radius 1 is 1.09 bits per heavy atom. The number of carbonyl (C=O) groups is 1. The van der Waals surface area contributed by atoms with Crippen LogP contribution in [0.25, 0.3) is 11.0 Å². The van der Waals surface area contributed by atoms with Crippen molar-refractivity contribution < 1.29 is 4.79 Å². The van der Waals surface area contributed by atoms with Crippen molar-refractivity contribution in [3.05, 3.63) is 36.2 Å². The number of aryl methyl sites for hydroxylation is 1. The molecule has 1 atom stereocenters. The van der Waals surface area contributed by atoms with E-state index >= 15 is 0 Å². The van der Waals surface area contributed by atoms with Crippen molar-refractivity contribution in [3.8, 4) is 0 Å². The largest absolute Gasteiger partial charge is 0.300 e. The molecule has 0 aliphatic carbocycles. The first-order valence-electron chi connectivity index (χ1n) is 8.38. The van der Waals surface area contributed by atoms with E-state index in [1.165, 1.54) is 32.1 Å². The van der Waals surface area contributed by atoms with Crippen molar-refractivity contribution in [2.45, 2.75) is 58.8 Å². The summed E-state index contributed by atoms with van der Waals surface area (Å²) in [5.41, 5.74) is 1.98. The van der Waals surface area contributed by atoms with Crippen LogP contribution in [0.1, 0.15) is 58.1 Å². The van der Waals surface area contributed by atoms with Crippen LogP contribution in [-0.4, -0.2) is 15.8 Å². The molecule has 0 radical (unpaired) electrons. The van der Waals surface area contributed by atoms with Gasteiger partial charge in [-0.25, -0.2) is 9.97 Å². The second-order valence-corrected chi connectivity index (χ2v) is 6.17. The first kappa shape index (κ1) is 16.6. The standard InChI is InChI=1S/C19H26N2O/c1-15(16(2)22)9-6-4-3-5-7-11-18-13-12-17-10-8-14-20-19(17)21-18/h8,10,12-15H,3-7,9,11H2,1-2H3/t15-/m0/s1. The number of hydrogen-bond donors (Lipinski definition) is 0. The van der Waals surface area contributed by atoms with Crippen LogP contribution in [0.4, 0.5) is 0 Å².